The molecule has 1 aromatic rings. The van der Waals surface area contributed by atoms with Crippen LogP contribution in [0.15, 0.2) is 12.1 Å². The zero-order valence-electron chi connectivity index (χ0n) is 10.1. The lowest BCUT2D eigenvalue weighted by atomic mass is 10.1. The molecular weight excluding hydrogens is 255 g/mol. The highest BCUT2D eigenvalue weighted by Gasteiger charge is 2.26. The fourth-order valence-electron chi connectivity index (χ4n) is 2.23. The van der Waals surface area contributed by atoms with E-state index in [-0.39, 0.29) is 29.8 Å². The first-order valence-corrected chi connectivity index (χ1v) is 5.89. The van der Waals surface area contributed by atoms with Crippen LogP contribution in [0.3, 0.4) is 0 Å². The van der Waals surface area contributed by atoms with Gasteiger partial charge in [0, 0.05) is 25.2 Å². The van der Waals surface area contributed by atoms with Crippen LogP contribution in [0, 0.1) is 15.9 Å². The molecule has 102 valence electrons. The molecule has 1 fully saturated rings. The first kappa shape index (κ1) is 13.4. The van der Waals surface area contributed by atoms with E-state index in [1.165, 1.54) is 0 Å². The van der Waals surface area contributed by atoms with Crippen LogP contribution in [0.2, 0.25) is 0 Å². The van der Waals surface area contributed by atoms with Crippen molar-refractivity contribution in [2.45, 2.75) is 18.9 Å². The minimum atomic E-state index is -0.796. The molecule has 0 unspecified atom stereocenters. The Hall–Kier alpha value is -2.02. The molecule has 19 heavy (non-hydrogen) atoms. The Labute approximate surface area is 108 Å². The van der Waals surface area contributed by atoms with Crippen molar-refractivity contribution in [3.63, 3.8) is 0 Å². The summed E-state index contributed by atoms with van der Waals surface area (Å²) in [4.78, 5) is 22.6. The molecule has 0 aliphatic carbocycles. The van der Waals surface area contributed by atoms with Crippen LogP contribution in [-0.4, -0.2) is 35.5 Å². The largest absolute Gasteiger partial charge is 0.391 e. The Morgan fingerprint density at radius 1 is 1.53 bits per heavy atom. The van der Waals surface area contributed by atoms with Gasteiger partial charge in [0.1, 0.15) is 11.5 Å². The van der Waals surface area contributed by atoms with Gasteiger partial charge in [-0.05, 0) is 12.8 Å². The number of rotatable bonds is 3. The van der Waals surface area contributed by atoms with Gasteiger partial charge in [0.25, 0.3) is 5.69 Å². The van der Waals surface area contributed by atoms with Gasteiger partial charge in [-0.15, -0.1) is 0 Å². The number of carbonyl (C=O) groups excluding carboxylic acids is 1. The number of hydrogen-bond donors (Lipinski definition) is 1. The lowest BCUT2D eigenvalue weighted by molar-refractivity contribution is -0.384. The zero-order chi connectivity index (χ0) is 14.0. The molecule has 0 saturated carbocycles. The van der Waals surface area contributed by atoms with Crippen molar-refractivity contribution in [3.05, 3.63) is 33.6 Å². The smallest absolute Gasteiger partial charge is 0.293 e. The second-order valence-corrected chi connectivity index (χ2v) is 4.48. The Bertz CT molecular complexity index is 521. The van der Waals surface area contributed by atoms with Crippen LogP contribution in [0.4, 0.5) is 15.8 Å². The maximum Gasteiger partial charge on any atom is 0.293 e. The zero-order valence-corrected chi connectivity index (χ0v) is 10.1. The lowest BCUT2D eigenvalue weighted by Gasteiger charge is -2.31. The van der Waals surface area contributed by atoms with Crippen LogP contribution in [0.25, 0.3) is 0 Å². The number of piperidine rings is 1. The monoisotopic (exact) mass is 268 g/mol. The van der Waals surface area contributed by atoms with E-state index < -0.39 is 16.8 Å². The van der Waals surface area contributed by atoms with Gasteiger partial charge in [0.2, 0.25) is 0 Å². The third-order valence-electron chi connectivity index (χ3n) is 3.15. The molecule has 7 heteroatoms. The maximum atomic E-state index is 13.6. The van der Waals surface area contributed by atoms with E-state index in [4.69, 9.17) is 0 Å². The van der Waals surface area contributed by atoms with Crippen LogP contribution >= 0.6 is 0 Å². The Morgan fingerprint density at radius 2 is 2.26 bits per heavy atom. The molecule has 1 atom stereocenters. The van der Waals surface area contributed by atoms with Crippen LogP contribution < -0.4 is 4.90 Å². The van der Waals surface area contributed by atoms with Crippen LogP contribution in [-0.2, 0) is 0 Å². The van der Waals surface area contributed by atoms with Gasteiger partial charge in [-0.3, -0.25) is 14.9 Å². The number of hydrogen-bond acceptors (Lipinski definition) is 5. The molecule has 1 saturated heterocycles. The van der Waals surface area contributed by atoms with Gasteiger partial charge >= 0.3 is 0 Å². The molecular formula is C12H13FN2O4. The highest BCUT2D eigenvalue weighted by atomic mass is 19.1. The number of nitro benzene ring substituents is 1. The predicted octanol–water partition coefficient (Wildman–Crippen LogP) is 1.51. The molecule has 6 nitrogen and oxygen atoms in total. The van der Waals surface area contributed by atoms with Gasteiger partial charge in [0.15, 0.2) is 6.29 Å². The summed E-state index contributed by atoms with van der Waals surface area (Å²) in [6.45, 7) is 0.735. The van der Waals surface area contributed by atoms with E-state index in [0.29, 0.717) is 19.4 Å². The number of nitro groups is 1. The maximum absolute atomic E-state index is 13.6. The highest BCUT2D eigenvalue weighted by molar-refractivity contribution is 5.80. The Balaban J connectivity index is 2.45. The molecule has 0 spiro atoms. The molecule has 1 N–H and O–H groups in total. The van der Waals surface area contributed by atoms with Crippen molar-refractivity contribution in [2.24, 2.45) is 0 Å². The quantitative estimate of drug-likeness (QED) is 0.510. The number of β-amino-alcohol motifs (C(OH)–C–C–N with tert-alkyl or cyclic N) is 1. The second-order valence-electron chi connectivity index (χ2n) is 4.48. The van der Waals surface area contributed by atoms with E-state index in [2.05, 4.69) is 0 Å². The average Bonchev–Trinajstić information content (AvgIpc) is 2.38. The molecule has 1 aliphatic rings. The van der Waals surface area contributed by atoms with Crippen molar-refractivity contribution in [2.75, 3.05) is 18.0 Å². The summed E-state index contributed by atoms with van der Waals surface area (Å²) in [6.07, 6.45) is 0.966. The molecule has 0 bridgehead atoms. The van der Waals surface area contributed by atoms with E-state index >= 15 is 0 Å². The minimum Gasteiger partial charge on any atom is -0.391 e. The Morgan fingerprint density at radius 3 is 2.84 bits per heavy atom. The van der Waals surface area contributed by atoms with Gasteiger partial charge in [-0.2, -0.15) is 0 Å². The number of nitrogens with zero attached hydrogens (tertiary/aromatic N) is 2. The van der Waals surface area contributed by atoms with E-state index in [1.807, 2.05) is 0 Å². The number of aliphatic hydroxyl groups is 1. The molecule has 1 aliphatic heterocycles. The van der Waals surface area contributed by atoms with Gasteiger partial charge in [-0.25, -0.2) is 4.39 Å². The Kier molecular flexibility index (Phi) is 3.75. The summed E-state index contributed by atoms with van der Waals surface area (Å²) in [5.74, 6) is -0.796. The van der Waals surface area contributed by atoms with E-state index in [1.54, 1.807) is 4.90 Å². The molecule has 1 heterocycles. The van der Waals surface area contributed by atoms with Gasteiger partial charge in [0.05, 0.1) is 16.6 Å². The highest BCUT2D eigenvalue weighted by Crippen LogP contribution is 2.32. The normalized spacial score (nSPS) is 19.3. The summed E-state index contributed by atoms with van der Waals surface area (Å²) in [7, 11) is 0. The number of carbonyl (C=O) groups is 1. The molecule has 1 aromatic carbocycles. The van der Waals surface area contributed by atoms with Crippen molar-refractivity contribution in [1.29, 1.82) is 0 Å². The van der Waals surface area contributed by atoms with E-state index in [9.17, 15) is 24.4 Å². The molecule has 0 aromatic heterocycles. The second kappa shape index (κ2) is 5.31. The van der Waals surface area contributed by atoms with Gasteiger partial charge in [-0.1, -0.05) is 0 Å². The number of halogens is 1. The number of benzene rings is 1. The number of aliphatic hydroxyl groups excluding tert-OH is 1. The SMILES string of the molecule is O=Cc1cc([N+](=O)[O-])c(N2CCC[C@@H](O)C2)cc1F. The summed E-state index contributed by atoms with van der Waals surface area (Å²) in [5, 5.41) is 20.6. The van der Waals surface area contributed by atoms with Crippen molar-refractivity contribution in [1.82, 2.24) is 0 Å². The van der Waals surface area contributed by atoms with Crippen LogP contribution in [0.1, 0.15) is 23.2 Å². The summed E-state index contributed by atoms with van der Waals surface area (Å²) < 4.78 is 13.6. The van der Waals surface area contributed by atoms with Crippen molar-refractivity contribution < 1.29 is 19.2 Å². The first-order valence-electron chi connectivity index (χ1n) is 5.89. The predicted molar refractivity (Wildman–Crippen MR) is 65.9 cm³/mol. The fourth-order valence-corrected chi connectivity index (χ4v) is 2.23. The molecule has 0 radical (unpaired) electrons. The average molecular weight is 268 g/mol. The summed E-state index contributed by atoms with van der Waals surface area (Å²) in [5.41, 5.74) is -0.558. The number of anilines is 1. The topological polar surface area (TPSA) is 83.7 Å². The third-order valence-corrected chi connectivity index (χ3v) is 3.15. The fraction of sp³-hybridized carbons (Fsp3) is 0.417. The van der Waals surface area contributed by atoms with Gasteiger partial charge < -0.3 is 10.0 Å². The minimum absolute atomic E-state index is 0.104. The van der Waals surface area contributed by atoms with E-state index in [0.717, 1.165) is 12.1 Å². The summed E-state index contributed by atoms with van der Waals surface area (Å²) >= 11 is 0. The molecule has 2 rings (SSSR count). The lowest BCUT2D eigenvalue weighted by Crippen LogP contribution is -2.38. The first-order chi connectivity index (χ1) is 9.02. The summed E-state index contributed by atoms with van der Waals surface area (Å²) in [6, 6.07) is 1.92. The molecule has 0 amide bonds. The van der Waals surface area contributed by atoms with Crippen molar-refractivity contribution >= 4 is 17.7 Å². The third kappa shape index (κ3) is 2.70. The van der Waals surface area contributed by atoms with Crippen LogP contribution in [0.5, 0.6) is 0 Å². The van der Waals surface area contributed by atoms with Crippen molar-refractivity contribution in [3.8, 4) is 0 Å². The standard InChI is InChI=1S/C12H13FN2O4/c13-10-5-11(14-3-1-2-9(17)6-14)12(15(18)19)4-8(10)7-16/h4-5,7,9,17H,1-3,6H2/t9-/m1/s1. The number of aldehydes is 1.